The number of hydrogen-bond acceptors (Lipinski definition) is 1. The number of aryl methyl sites for hydroxylation is 1. The van der Waals surface area contributed by atoms with E-state index in [0.717, 1.165) is 0 Å². The van der Waals surface area contributed by atoms with Crippen molar-refractivity contribution in [3.8, 4) is 0 Å². The van der Waals surface area contributed by atoms with Crippen LogP contribution < -0.4 is 0 Å². The van der Waals surface area contributed by atoms with E-state index in [1.165, 1.54) is 18.2 Å². The van der Waals surface area contributed by atoms with Gasteiger partial charge >= 0.3 is 5.97 Å². The van der Waals surface area contributed by atoms with Crippen molar-refractivity contribution in [2.24, 2.45) is 0 Å². The average Bonchev–Trinajstić information content (AvgIpc) is 2.20. The molecule has 0 radical (unpaired) electrons. The molecule has 0 aliphatic rings. The second-order valence-corrected chi connectivity index (χ2v) is 3.72. The van der Waals surface area contributed by atoms with Gasteiger partial charge in [0.15, 0.2) is 0 Å². The summed E-state index contributed by atoms with van der Waals surface area (Å²) in [6.07, 6.45) is -2.07. The summed E-state index contributed by atoms with van der Waals surface area (Å²) in [5.74, 6) is -1.54. The fourth-order valence-corrected chi connectivity index (χ4v) is 1.75. The van der Waals surface area contributed by atoms with Crippen molar-refractivity contribution in [3.63, 3.8) is 0 Å². The fraction of sp³-hybridized carbons (Fsp3) is 0.417. The molecule has 1 atom stereocenters. The van der Waals surface area contributed by atoms with E-state index in [2.05, 4.69) is 0 Å². The maximum Gasteiger partial charge on any atom is 0.310 e. The zero-order valence-corrected chi connectivity index (χ0v) is 9.21. The van der Waals surface area contributed by atoms with Gasteiger partial charge in [0.25, 0.3) is 6.43 Å². The second-order valence-electron chi connectivity index (χ2n) is 3.72. The topological polar surface area (TPSA) is 37.3 Å². The molecule has 0 saturated heterocycles. The van der Waals surface area contributed by atoms with Gasteiger partial charge < -0.3 is 5.11 Å². The number of halogens is 2. The number of rotatable bonds is 4. The van der Waals surface area contributed by atoms with Crippen LogP contribution in [0.5, 0.6) is 0 Å². The van der Waals surface area contributed by atoms with E-state index in [9.17, 15) is 13.6 Å². The van der Waals surface area contributed by atoms with Gasteiger partial charge in [0.1, 0.15) is 0 Å². The minimum absolute atomic E-state index is 0.0681. The summed E-state index contributed by atoms with van der Waals surface area (Å²) in [4.78, 5) is 11.0. The zero-order valence-electron chi connectivity index (χ0n) is 9.21. The molecule has 0 bridgehead atoms. The lowest BCUT2D eigenvalue weighted by molar-refractivity contribution is -0.138. The molecule has 88 valence electrons. The maximum absolute atomic E-state index is 12.4. The van der Waals surface area contributed by atoms with E-state index >= 15 is 0 Å². The van der Waals surface area contributed by atoms with Gasteiger partial charge in [-0.2, -0.15) is 0 Å². The number of alkyl halides is 2. The van der Waals surface area contributed by atoms with E-state index in [1.807, 2.05) is 0 Å². The number of carboxylic acids is 1. The number of carboxylic acid groups (broad SMARTS) is 1. The molecule has 0 amide bonds. The summed E-state index contributed by atoms with van der Waals surface area (Å²) in [5.41, 5.74) is 1.15. The van der Waals surface area contributed by atoms with Gasteiger partial charge in [-0.05, 0) is 24.5 Å². The Labute approximate surface area is 92.9 Å². The third-order valence-electron chi connectivity index (χ3n) is 2.63. The lowest BCUT2D eigenvalue weighted by Crippen LogP contribution is -2.12. The van der Waals surface area contributed by atoms with Crippen LogP contribution in [0.3, 0.4) is 0 Å². The molecule has 4 heteroatoms. The van der Waals surface area contributed by atoms with E-state index in [0.29, 0.717) is 17.5 Å². The Morgan fingerprint density at radius 2 is 2.06 bits per heavy atom. The van der Waals surface area contributed by atoms with Crippen molar-refractivity contribution in [3.05, 3.63) is 34.9 Å². The Balaban J connectivity index is 3.11. The van der Waals surface area contributed by atoms with E-state index in [4.69, 9.17) is 5.11 Å². The molecule has 16 heavy (non-hydrogen) atoms. The normalized spacial score (nSPS) is 12.8. The highest BCUT2D eigenvalue weighted by Crippen LogP contribution is 2.27. The second kappa shape index (κ2) is 5.05. The van der Waals surface area contributed by atoms with Crippen LogP contribution in [0.2, 0.25) is 0 Å². The van der Waals surface area contributed by atoms with Crippen molar-refractivity contribution < 1.29 is 18.7 Å². The summed E-state index contributed by atoms with van der Waals surface area (Å²) in [6.45, 7) is 3.42. The molecule has 1 aromatic carbocycles. The van der Waals surface area contributed by atoms with Gasteiger partial charge in [-0.25, -0.2) is 8.78 Å². The third-order valence-corrected chi connectivity index (χ3v) is 2.63. The van der Waals surface area contributed by atoms with Crippen LogP contribution in [0.4, 0.5) is 8.78 Å². The molecule has 2 nitrogen and oxygen atoms in total. The van der Waals surface area contributed by atoms with Gasteiger partial charge in [-0.1, -0.05) is 25.1 Å². The highest BCUT2D eigenvalue weighted by Gasteiger charge is 2.20. The zero-order chi connectivity index (χ0) is 12.3. The van der Waals surface area contributed by atoms with Crippen molar-refractivity contribution in [2.75, 3.05) is 0 Å². The van der Waals surface area contributed by atoms with Crippen molar-refractivity contribution in [1.29, 1.82) is 0 Å². The van der Waals surface area contributed by atoms with Crippen LogP contribution in [-0.2, 0) is 4.79 Å². The molecule has 1 unspecified atom stereocenters. The summed E-state index contributed by atoms with van der Waals surface area (Å²) in [7, 11) is 0. The standard InChI is InChI=1S/C12H14F2O2/c1-3-9(12(15)16)10-5-4-8(11(13)14)6-7(10)2/h4-6,9,11H,3H2,1-2H3,(H,15,16). The molecule has 0 aromatic heterocycles. The number of aliphatic carboxylic acids is 1. The Morgan fingerprint density at radius 3 is 2.44 bits per heavy atom. The molecule has 0 spiro atoms. The minimum Gasteiger partial charge on any atom is -0.481 e. The minimum atomic E-state index is -2.52. The number of carbonyl (C=O) groups is 1. The molecule has 0 aliphatic heterocycles. The highest BCUT2D eigenvalue weighted by molar-refractivity contribution is 5.76. The summed E-state index contributed by atoms with van der Waals surface area (Å²) >= 11 is 0. The van der Waals surface area contributed by atoms with Gasteiger partial charge in [0, 0.05) is 5.56 Å². The smallest absolute Gasteiger partial charge is 0.310 e. The maximum atomic E-state index is 12.4. The van der Waals surface area contributed by atoms with Crippen LogP contribution in [0.15, 0.2) is 18.2 Å². The first-order chi connectivity index (χ1) is 7.47. The molecule has 0 fully saturated rings. The average molecular weight is 228 g/mol. The molecule has 0 heterocycles. The molecule has 0 aliphatic carbocycles. The monoisotopic (exact) mass is 228 g/mol. The van der Waals surface area contributed by atoms with Crippen molar-refractivity contribution in [1.82, 2.24) is 0 Å². The first-order valence-corrected chi connectivity index (χ1v) is 5.08. The predicted octanol–water partition coefficient (Wildman–Crippen LogP) is 3.51. The fourth-order valence-electron chi connectivity index (χ4n) is 1.75. The van der Waals surface area contributed by atoms with Gasteiger partial charge in [0.05, 0.1) is 5.92 Å². The lowest BCUT2D eigenvalue weighted by atomic mass is 9.91. The number of hydrogen-bond donors (Lipinski definition) is 1. The summed E-state index contributed by atoms with van der Waals surface area (Å²) < 4.78 is 24.8. The Hall–Kier alpha value is -1.45. The molecular weight excluding hydrogens is 214 g/mol. The third kappa shape index (κ3) is 2.56. The predicted molar refractivity (Wildman–Crippen MR) is 56.8 cm³/mol. The molecule has 1 N–H and O–H groups in total. The Morgan fingerprint density at radius 1 is 1.44 bits per heavy atom. The van der Waals surface area contributed by atoms with Gasteiger partial charge in [-0.3, -0.25) is 4.79 Å². The SMILES string of the molecule is CCC(C(=O)O)c1ccc(C(F)F)cc1C. The summed E-state index contributed by atoms with van der Waals surface area (Å²) in [6, 6.07) is 4.13. The van der Waals surface area contributed by atoms with E-state index in [1.54, 1.807) is 13.8 Å². The molecule has 0 saturated carbocycles. The molecule has 1 aromatic rings. The highest BCUT2D eigenvalue weighted by atomic mass is 19.3. The first-order valence-electron chi connectivity index (χ1n) is 5.08. The number of benzene rings is 1. The van der Waals surface area contributed by atoms with Crippen LogP contribution in [-0.4, -0.2) is 11.1 Å². The quantitative estimate of drug-likeness (QED) is 0.856. The van der Waals surface area contributed by atoms with Crippen LogP contribution in [0.1, 0.15) is 42.4 Å². The van der Waals surface area contributed by atoms with E-state index in [-0.39, 0.29) is 5.56 Å². The van der Waals surface area contributed by atoms with Gasteiger partial charge in [-0.15, -0.1) is 0 Å². The van der Waals surface area contributed by atoms with Crippen molar-refractivity contribution in [2.45, 2.75) is 32.6 Å². The van der Waals surface area contributed by atoms with Crippen LogP contribution in [0, 0.1) is 6.92 Å². The lowest BCUT2D eigenvalue weighted by Gasteiger charge is -2.14. The van der Waals surface area contributed by atoms with Crippen LogP contribution in [0.25, 0.3) is 0 Å². The van der Waals surface area contributed by atoms with Gasteiger partial charge in [0.2, 0.25) is 0 Å². The summed E-state index contributed by atoms with van der Waals surface area (Å²) in [5, 5.41) is 8.98. The molecule has 1 rings (SSSR count). The van der Waals surface area contributed by atoms with E-state index < -0.39 is 18.3 Å². The Bertz CT molecular complexity index is 389. The first kappa shape index (κ1) is 12.6. The Kier molecular flexibility index (Phi) is 3.99. The van der Waals surface area contributed by atoms with Crippen LogP contribution >= 0.6 is 0 Å². The molecular formula is C12H14F2O2. The largest absolute Gasteiger partial charge is 0.481 e. The van der Waals surface area contributed by atoms with Crippen molar-refractivity contribution >= 4 is 5.97 Å².